The van der Waals surface area contributed by atoms with Gasteiger partial charge in [0.15, 0.2) is 0 Å². The first kappa shape index (κ1) is 18.5. The number of rotatable bonds is 4. The lowest BCUT2D eigenvalue weighted by atomic mass is 10.1. The summed E-state index contributed by atoms with van der Waals surface area (Å²) in [5.74, 6) is 0. The first-order chi connectivity index (χ1) is 13.3. The number of hydrogen-bond donors (Lipinski definition) is 1. The summed E-state index contributed by atoms with van der Waals surface area (Å²) in [5.41, 5.74) is 3.77. The Morgan fingerprint density at radius 3 is 2.50 bits per heavy atom. The Bertz CT molecular complexity index is 1300. The third-order valence-corrected chi connectivity index (χ3v) is 6.91. The summed E-state index contributed by atoms with van der Waals surface area (Å²) in [4.78, 5) is 4.69. The number of benzene rings is 2. The molecule has 6 nitrogen and oxygen atoms in total. The Morgan fingerprint density at radius 1 is 1.07 bits per heavy atom. The lowest BCUT2D eigenvalue weighted by Crippen LogP contribution is -2.05. The van der Waals surface area contributed by atoms with Crippen molar-refractivity contribution in [3.63, 3.8) is 0 Å². The normalized spacial score (nSPS) is 12.0. The van der Waals surface area contributed by atoms with Crippen LogP contribution in [0.15, 0.2) is 64.9 Å². The van der Waals surface area contributed by atoms with Gasteiger partial charge in [0.05, 0.1) is 28.4 Å². The second-order valence-corrected chi connectivity index (χ2v) is 8.84. The maximum atomic E-state index is 13.5. The number of fused-ring (bicyclic) bond motifs is 1. The maximum Gasteiger partial charge on any atom is 0.208 e. The molecular formula is C21H21N3O3S. The highest BCUT2D eigenvalue weighted by atomic mass is 32.2. The van der Waals surface area contributed by atoms with E-state index < -0.39 is 9.84 Å². The Kier molecular flexibility index (Phi) is 4.36. The van der Waals surface area contributed by atoms with E-state index in [0.717, 1.165) is 16.9 Å². The zero-order valence-electron chi connectivity index (χ0n) is 15.9. The predicted octanol–water partition coefficient (Wildman–Crippen LogP) is 3.31. The van der Waals surface area contributed by atoms with Crippen LogP contribution in [0.1, 0.15) is 16.8 Å². The molecule has 28 heavy (non-hydrogen) atoms. The van der Waals surface area contributed by atoms with Crippen LogP contribution in [0.5, 0.6) is 0 Å². The molecule has 0 radical (unpaired) electrons. The molecule has 0 saturated heterocycles. The van der Waals surface area contributed by atoms with Crippen molar-refractivity contribution in [2.45, 2.75) is 30.2 Å². The van der Waals surface area contributed by atoms with Gasteiger partial charge in [-0.25, -0.2) is 13.4 Å². The van der Waals surface area contributed by atoms with E-state index in [4.69, 9.17) is 0 Å². The number of aromatic nitrogens is 3. The van der Waals surface area contributed by atoms with Crippen LogP contribution in [0, 0.1) is 13.8 Å². The molecule has 144 valence electrons. The van der Waals surface area contributed by atoms with E-state index >= 15 is 0 Å². The first-order valence-corrected chi connectivity index (χ1v) is 10.4. The minimum Gasteiger partial charge on any atom is -0.392 e. The largest absolute Gasteiger partial charge is 0.392 e. The minimum atomic E-state index is -3.76. The molecule has 0 saturated carbocycles. The summed E-state index contributed by atoms with van der Waals surface area (Å²) in [5, 5.41) is 10.3. The second kappa shape index (κ2) is 6.61. The molecule has 2 aromatic carbocycles. The van der Waals surface area contributed by atoms with Crippen LogP contribution in [0.25, 0.3) is 16.6 Å². The highest BCUT2D eigenvalue weighted by Gasteiger charge is 2.26. The van der Waals surface area contributed by atoms with Crippen molar-refractivity contribution in [3.05, 3.63) is 71.9 Å². The van der Waals surface area contributed by atoms with Crippen LogP contribution in [-0.4, -0.2) is 27.6 Å². The number of sulfone groups is 1. The third-order valence-electron chi connectivity index (χ3n) is 4.98. The van der Waals surface area contributed by atoms with Gasteiger partial charge in [-0.05, 0) is 49.2 Å². The zero-order valence-corrected chi connectivity index (χ0v) is 16.7. The van der Waals surface area contributed by atoms with Gasteiger partial charge in [0.2, 0.25) is 9.84 Å². The van der Waals surface area contributed by atoms with E-state index in [9.17, 15) is 13.5 Å². The van der Waals surface area contributed by atoms with Crippen molar-refractivity contribution in [2.24, 2.45) is 7.05 Å². The molecule has 1 N–H and O–H groups in total. The van der Waals surface area contributed by atoms with Gasteiger partial charge in [0.1, 0.15) is 0 Å². The van der Waals surface area contributed by atoms with Gasteiger partial charge in [-0.2, -0.15) is 0 Å². The standard InChI is InChI=1S/C21H21N3O3S/c1-14-9-17(24-10-15(2)22-13-24)7-8-19(14)28(26,27)20-11-23(3)18-6-4-5-16(12-25)21(18)20/h4-11,13,25H,12H2,1-3H3. The summed E-state index contributed by atoms with van der Waals surface area (Å²) < 4.78 is 30.6. The molecule has 7 heteroatoms. The molecular weight excluding hydrogens is 374 g/mol. The third kappa shape index (κ3) is 2.83. The molecule has 0 spiro atoms. The monoisotopic (exact) mass is 395 g/mol. The Labute approximate surface area is 163 Å². The van der Waals surface area contributed by atoms with Crippen molar-refractivity contribution in [2.75, 3.05) is 0 Å². The van der Waals surface area contributed by atoms with Gasteiger partial charge in [-0.15, -0.1) is 0 Å². The summed E-state index contributed by atoms with van der Waals surface area (Å²) >= 11 is 0. The number of aliphatic hydroxyl groups is 1. The number of aryl methyl sites for hydroxylation is 3. The van der Waals surface area contributed by atoms with Crippen LogP contribution in [0.2, 0.25) is 0 Å². The molecule has 0 aliphatic heterocycles. The number of imidazole rings is 1. The number of hydrogen-bond acceptors (Lipinski definition) is 4. The van der Waals surface area contributed by atoms with Gasteiger partial charge in [-0.3, -0.25) is 0 Å². The molecule has 4 aromatic rings. The van der Waals surface area contributed by atoms with E-state index in [1.165, 1.54) is 0 Å². The summed E-state index contributed by atoms with van der Waals surface area (Å²) in [6.45, 7) is 3.47. The Morgan fingerprint density at radius 2 is 1.86 bits per heavy atom. The van der Waals surface area contributed by atoms with Crippen LogP contribution >= 0.6 is 0 Å². The van der Waals surface area contributed by atoms with Crippen LogP contribution < -0.4 is 0 Å². The van der Waals surface area contributed by atoms with Gasteiger partial charge in [-0.1, -0.05) is 12.1 Å². The van der Waals surface area contributed by atoms with Gasteiger partial charge in [0.25, 0.3) is 0 Å². The van der Waals surface area contributed by atoms with Crippen molar-refractivity contribution < 1.29 is 13.5 Å². The predicted molar refractivity (Wildman–Crippen MR) is 107 cm³/mol. The summed E-state index contributed by atoms with van der Waals surface area (Å²) in [6.07, 6.45) is 5.21. The highest BCUT2D eigenvalue weighted by molar-refractivity contribution is 7.91. The molecule has 0 aliphatic rings. The zero-order chi connectivity index (χ0) is 20.1. The second-order valence-electron chi connectivity index (χ2n) is 6.95. The van der Waals surface area contributed by atoms with E-state index in [1.807, 2.05) is 35.9 Å². The highest BCUT2D eigenvalue weighted by Crippen LogP contribution is 2.34. The van der Waals surface area contributed by atoms with Gasteiger partial charge >= 0.3 is 0 Å². The van der Waals surface area contributed by atoms with Crippen LogP contribution in [-0.2, 0) is 23.5 Å². The number of nitrogens with zero attached hydrogens (tertiary/aromatic N) is 3. The van der Waals surface area contributed by atoms with Crippen molar-refractivity contribution >= 4 is 20.7 Å². The lowest BCUT2D eigenvalue weighted by Gasteiger charge is -2.11. The molecule has 2 aromatic heterocycles. The van der Waals surface area contributed by atoms with Gasteiger partial charge < -0.3 is 14.2 Å². The molecule has 0 atom stereocenters. The van der Waals surface area contributed by atoms with Crippen LogP contribution in [0.4, 0.5) is 0 Å². The maximum absolute atomic E-state index is 13.5. The van der Waals surface area contributed by atoms with E-state index in [2.05, 4.69) is 4.98 Å². The average molecular weight is 395 g/mol. The molecule has 0 aliphatic carbocycles. The van der Waals surface area contributed by atoms with Crippen molar-refractivity contribution in [1.29, 1.82) is 0 Å². The molecule has 4 rings (SSSR count). The fourth-order valence-electron chi connectivity index (χ4n) is 3.59. The quantitative estimate of drug-likeness (QED) is 0.575. The Hall–Kier alpha value is -2.90. The van der Waals surface area contributed by atoms with Crippen molar-refractivity contribution in [1.82, 2.24) is 14.1 Å². The number of aliphatic hydroxyl groups excluding tert-OH is 1. The fraction of sp³-hybridized carbons (Fsp3) is 0.190. The van der Waals surface area contributed by atoms with E-state index in [-0.39, 0.29) is 16.4 Å². The summed E-state index contributed by atoms with van der Waals surface area (Å²) in [6, 6.07) is 10.7. The SMILES string of the molecule is Cc1cn(-c2ccc(S(=O)(=O)c3cn(C)c4cccc(CO)c34)c(C)c2)cn1. The molecule has 0 unspecified atom stereocenters. The lowest BCUT2D eigenvalue weighted by molar-refractivity contribution is 0.283. The first-order valence-electron chi connectivity index (χ1n) is 8.87. The average Bonchev–Trinajstić information content (AvgIpc) is 3.25. The molecule has 0 amide bonds. The van der Waals surface area contributed by atoms with Crippen molar-refractivity contribution in [3.8, 4) is 5.69 Å². The van der Waals surface area contributed by atoms with Crippen LogP contribution in [0.3, 0.4) is 0 Å². The van der Waals surface area contributed by atoms with Gasteiger partial charge in [0, 0.05) is 36.0 Å². The molecule has 0 fully saturated rings. The fourth-order valence-corrected chi connectivity index (χ4v) is 5.36. The molecule has 0 bridgehead atoms. The topological polar surface area (TPSA) is 77.1 Å². The minimum absolute atomic E-state index is 0.212. The van der Waals surface area contributed by atoms with E-state index in [0.29, 0.717) is 16.5 Å². The summed E-state index contributed by atoms with van der Waals surface area (Å²) in [7, 11) is -1.95. The smallest absolute Gasteiger partial charge is 0.208 e. The Balaban J connectivity index is 1.89. The van der Waals surface area contributed by atoms with E-state index in [1.54, 1.807) is 49.3 Å². The molecule has 2 heterocycles.